The van der Waals surface area contributed by atoms with Crippen molar-refractivity contribution in [3.8, 4) is 17.0 Å². The van der Waals surface area contributed by atoms with Crippen LogP contribution in [0.15, 0.2) is 65.9 Å². The molecule has 0 spiro atoms. The molecule has 0 atom stereocenters. The second-order valence-corrected chi connectivity index (χ2v) is 7.21. The van der Waals surface area contributed by atoms with Gasteiger partial charge in [0.15, 0.2) is 17.2 Å². The first-order chi connectivity index (χ1) is 17.1. The van der Waals surface area contributed by atoms with Gasteiger partial charge in [0.05, 0.1) is 23.9 Å². The van der Waals surface area contributed by atoms with Gasteiger partial charge in [0.2, 0.25) is 0 Å². The number of amidine groups is 1. The van der Waals surface area contributed by atoms with Gasteiger partial charge in [-0.3, -0.25) is 10.1 Å². The van der Waals surface area contributed by atoms with Crippen molar-refractivity contribution in [2.75, 3.05) is 7.11 Å². The normalized spacial score (nSPS) is 11.9. The molecule has 14 heteroatoms. The van der Waals surface area contributed by atoms with Crippen LogP contribution in [-0.2, 0) is 11.0 Å². The minimum Gasteiger partial charge on any atom is -0.497 e. The van der Waals surface area contributed by atoms with Crippen molar-refractivity contribution in [2.45, 2.75) is 6.18 Å². The number of nitrogens with two attached hydrogens (primary N) is 1. The molecule has 0 bridgehead atoms. The zero-order valence-electron chi connectivity index (χ0n) is 18.3. The lowest BCUT2D eigenvalue weighted by Crippen LogP contribution is -2.16. The Morgan fingerprint density at radius 1 is 1.14 bits per heavy atom. The summed E-state index contributed by atoms with van der Waals surface area (Å²) in [7, 11) is 1.45. The predicted octanol–water partition coefficient (Wildman–Crippen LogP) is 3.81. The van der Waals surface area contributed by atoms with Gasteiger partial charge in [0.1, 0.15) is 11.3 Å². The molecule has 2 heterocycles. The smallest absolute Gasteiger partial charge is 0.433 e. The third-order valence-corrected chi connectivity index (χ3v) is 4.97. The Labute approximate surface area is 199 Å². The zero-order chi connectivity index (χ0) is 26.0. The maximum Gasteiger partial charge on any atom is 0.433 e. The maximum absolute atomic E-state index is 13.8. The van der Waals surface area contributed by atoms with Crippen molar-refractivity contribution in [1.29, 1.82) is 0 Å². The number of nitro benzene ring substituents is 1. The molecule has 0 saturated carbocycles. The van der Waals surface area contributed by atoms with Crippen LogP contribution in [0.1, 0.15) is 21.6 Å². The number of carbonyl (C=O) groups is 1. The van der Waals surface area contributed by atoms with Crippen LogP contribution in [0.5, 0.6) is 5.75 Å². The Kier molecular flexibility index (Phi) is 6.25. The van der Waals surface area contributed by atoms with E-state index < -0.39 is 34.0 Å². The van der Waals surface area contributed by atoms with Crippen LogP contribution in [-0.4, -0.2) is 38.4 Å². The van der Waals surface area contributed by atoms with E-state index in [-0.39, 0.29) is 22.8 Å². The minimum atomic E-state index is -4.81. The van der Waals surface area contributed by atoms with E-state index in [9.17, 15) is 28.1 Å². The zero-order valence-corrected chi connectivity index (χ0v) is 18.3. The average Bonchev–Trinajstić information content (AvgIpc) is 3.30. The molecule has 0 unspecified atom stereocenters. The van der Waals surface area contributed by atoms with Crippen molar-refractivity contribution < 1.29 is 32.5 Å². The summed E-state index contributed by atoms with van der Waals surface area (Å²) in [6, 6.07) is 11.9. The van der Waals surface area contributed by atoms with E-state index >= 15 is 0 Å². The number of nitrogens with zero attached hydrogens (tertiary/aromatic N) is 5. The first kappa shape index (κ1) is 24.1. The van der Waals surface area contributed by atoms with Crippen molar-refractivity contribution in [2.24, 2.45) is 10.9 Å². The van der Waals surface area contributed by atoms with Crippen LogP contribution < -0.4 is 10.5 Å². The third-order valence-electron chi connectivity index (χ3n) is 4.97. The lowest BCUT2D eigenvalue weighted by atomic mass is 10.1. The number of benzene rings is 2. The number of non-ortho nitro benzene ring substituents is 1. The molecule has 11 nitrogen and oxygen atoms in total. The number of alkyl halides is 3. The molecule has 0 aliphatic carbocycles. The number of rotatable bonds is 6. The number of methoxy groups -OCH3 is 1. The Bertz CT molecular complexity index is 1480. The van der Waals surface area contributed by atoms with Gasteiger partial charge in [-0.1, -0.05) is 5.16 Å². The standard InChI is InChI=1S/C22H15F3N6O5/c1-35-15-8-4-12(5-9-15)17-10-18(22(23,24)25)30-20(28-17)16(11-27-30)21(32)36-29-19(26)13-2-6-14(7-3-13)31(33)34/h2-11H,1H3,(H2,26,29). The average molecular weight is 500 g/mol. The number of hydrogen-bond acceptors (Lipinski definition) is 8. The summed E-state index contributed by atoms with van der Waals surface area (Å²) >= 11 is 0. The predicted molar refractivity (Wildman–Crippen MR) is 119 cm³/mol. The number of oxime groups is 1. The van der Waals surface area contributed by atoms with Crippen molar-refractivity contribution in [1.82, 2.24) is 14.6 Å². The highest BCUT2D eigenvalue weighted by molar-refractivity contribution is 5.99. The summed E-state index contributed by atoms with van der Waals surface area (Å²) in [4.78, 5) is 31.7. The first-order valence-electron chi connectivity index (χ1n) is 9.98. The molecule has 0 aliphatic rings. The number of fused-ring (bicyclic) bond motifs is 1. The molecular weight excluding hydrogens is 485 g/mol. The van der Waals surface area contributed by atoms with E-state index in [1.165, 1.54) is 43.5 Å². The van der Waals surface area contributed by atoms with E-state index in [0.717, 1.165) is 12.3 Å². The summed E-state index contributed by atoms with van der Waals surface area (Å²) in [5.74, 6) is -0.965. The SMILES string of the molecule is COc1ccc(-c2cc(C(F)(F)F)n3ncc(C(=O)O/N=C(\N)c4ccc([N+](=O)[O-])cc4)c3n2)cc1. The summed E-state index contributed by atoms with van der Waals surface area (Å²) in [5.41, 5.74) is 4.08. The number of aromatic nitrogens is 3. The number of carbonyl (C=O) groups excluding carboxylic acids is 1. The molecule has 0 fully saturated rings. The van der Waals surface area contributed by atoms with E-state index in [1.54, 1.807) is 12.1 Å². The highest BCUT2D eigenvalue weighted by Crippen LogP contribution is 2.33. The Balaban J connectivity index is 1.69. The topological polar surface area (TPSA) is 147 Å². The summed E-state index contributed by atoms with van der Waals surface area (Å²) in [6.07, 6.45) is -3.94. The molecule has 0 amide bonds. The molecule has 2 aromatic heterocycles. The molecule has 2 aromatic carbocycles. The molecule has 0 radical (unpaired) electrons. The molecule has 0 aliphatic heterocycles. The summed E-state index contributed by atoms with van der Waals surface area (Å²) in [5, 5.41) is 17.9. The largest absolute Gasteiger partial charge is 0.497 e. The van der Waals surface area contributed by atoms with Gasteiger partial charge in [-0.05, 0) is 42.5 Å². The molecule has 184 valence electrons. The van der Waals surface area contributed by atoms with Gasteiger partial charge in [0, 0.05) is 23.3 Å². The van der Waals surface area contributed by atoms with Crippen LogP contribution in [0.25, 0.3) is 16.9 Å². The van der Waals surface area contributed by atoms with Crippen LogP contribution in [0.2, 0.25) is 0 Å². The Hall–Kier alpha value is -5.01. The summed E-state index contributed by atoms with van der Waals surface area (Å²) in [6.45, 7) is 0. The number of hydrogen-bond donors (Lipinski definition) is 1. The number of ether oxygens (including phenoxy) is 1. The van der Waals surface area contributed by atoms with Gasteiger partial charge in [-0.2, -0.15) is 18.3 Å². The fourth-order valence-corrected chi connectivity index (χ4v) is 3.16. The van der Waals surface area contributed by atoms with Gasteiger partial charge in [0.25, 0.3) is 5.69 Å². The van der Waals surface area contributed by atoms with Crippen molar-refractivity contribution in [3.05, 3.63) is 87.7 Å². The maximum atomic E-state index is 13.8. The van der Waals surface area contributed by atoms with Crippen LogP contribution in [0, 0.1) is 10.1 Å². The minimum absolute atomic E-state index is 0.0686. The molecule has 0 saturated heterocycles. The van der Waals surface area contributed by atoms with Crippen molar-refractivity contribution >= 4 is 23.1 Å². The third kappa shape index (κ3) is 4.77. The molecule has 2 N–H and O–H groups in total. The van der Waals surface area contributed by atoms with Gasteiger partial charge < -0.3 is 15.3 Å². The molecular formula is C22H15F3N6O5. The second-order valence-electron chi connectivity index (χ2n) is 7.21. The quantitative estimate of drug-likeness (QED) is 0.138. The number of halogens is 3. The lowest BCUT2D eigenvalue weighted by molar-refractivity contribution is -0.384. The Morgan fingerprint density at radius 3 is 2.39 bits per heavy atom. The molecule has 4 rings (SSSR count). The highest BCUT2D eigenvalue weighted by atomic mass is 19.4. The van der Waals surface area contributed by atoms with Crippen LogP contribution in [0.4, 0.5) is 18.9 Å². The summed E-state index contributed by atoms with van der Waals surface area (Å²) < 4.78 is 46.8. The van der Waals surface area contributed by atoms with Gasteiger partial charge >= 0.3 is 12.1 Å². The van der Waals surface area contributed by atoms with Gasteiger partial charge in [-0.15, -0.1) is 0 Å². The Morgan fingerprint density at radius 2 is 1.81 bits per heavy atom. The first-order valence-corrected chi connectivity index (χ1v) is 9.98. The molecule has 4 aromatic rings. The fourth-order valence-electron chi connectivity index (χ4n) is 3.16. The lowest BCUT2D eigenvalue weighted by Gasteiger charge is -2.11. The van der Waals surface area contributed by atoms with E-state index in [1.807, 2.05) is 0 Å². The van der Waals surface area contributed by atoms with Crippen LogP contribution in [0.3, 0.4) is 0 Å². The molecule has 36 heavy (non-hydrogen) atoms. The van der Waals surface area contributed by atoms with E-state index in [0.29, 0.717) is 15.8 Å². The fraction of sp³-hybridized carbons (Fsp3) is 0.0909. The second kappa shape index (κ2) is 9.32. The van der Waals surface area contributed by atoms with Crippen LogP contribution >= 0.6 is 0 Å². The number of nitro groups is 1. The highest BCUT2D eigenvalue weighted by Gasteiger charge is 2.36. The van der Waals surface area contributed by atoms with E-state index in [2.05, 4.69) is 15.2 Å². The van der Waals surface area contributed by atoms with Crippen molar-refractivity contribution in [3.63, 3.8) is 0 Å². The van der Waals surface area contributed by atoms with E-state index in [4.69, 9.17) is 15.3 Å². The van der Waals surface area contributed by atoms with Gasteiger partial charge in [-0.25, -0.2) is 14.3 Å². The monoisotopic (exact) mass is 500 g/mol.